The maximum Gasteiger partial charge on any atom is 0.293 e. The highest BCUT2D eigenvalue weighted by molar-refractivity contribution is 8.18. The van der Waals surface area contributed by atoms with E-state index in [2.05, 4.69) is 31.2 Å². The van der Waals surface area contributed by atoms with Crippen molar-refractivity contribution in [3.8, 4) is 0 Å². The Bertz CT molecular complexity index is 841. The molecule has 1 aliphatic heterocycles. The van der Waals surface area contributed by atoms with Gasteiger partial charge in [0, 0.05) is 15.8 Å². The number of thioether (sulfide) groups is 1. The lowest BCUT2D eigenvalue weighted by molar-refractivity contribution is -0.124. The first-order chi connectivity index (χ1) is 12.5. The van der Waals surface area contributed by atoms with Gasteiger partial charge in [0.15, 0.2) is 0 Å². The number of hydrogen-bond acceptors (Lipinski definition) is 4. The van der Waals surface area contributed by atoms with Crippen molar-refractivity contribution in [3.05, 3.63) is 64.6 Å². The van der Waals surface area contributed by atoms with E-state index >= 15 is 0 Å². The summed E-state index contributed by atoms with van der Waals surface area (Å²) in [6.45, 7) is 5.95. The van der Waals surface area contributed by atoms with Crippen LogP contribution in [0.2, 0.25) is 0 Å². The van der Waals surface area contributed by atoms with Crippen molar-refractivity contribution in [3.63, 3.8) is 0 Å². The lowest BCUT2D eigenvalue weighted by atomic mass is 10.2. The third kappa shape index (κ3) is 4.22. The van der Waals surface area contributed by atoms with Gasteiger partial charge in [-0.2, -0.15) is 0 Å². The topological polar surface area (TPSA) is 37.4 Å². The fraction of sp³-hybridized carbons (Fsp3) is 0.238. The van der Waals surface area contributed by atoms with Gasteiger partial charge in [-0.15, -0.1) is 0 Å². The van der Waals surface area contributed by atoms with Crippen molar-refractivity contribution in [1.82, 2.24) is 4.90 Å². The van der Waals surface area contributed by atoms with E-state index in [0.29, 0.717) is 4.91 Å². The molecule has 0 aliphatic carbocycles. The average Bonchev–Trinajstić information content (AvgIpc) is 2.91. The number of nitrogens with zero attached hydrogens (tertiary/aromatic N) is 1. The minimum atomic E-state index is -0.188. The Labute approximate surface area is 162 Å². The molecule has 134 valence electrons. The van der Waals surface area contributed by atoms with Gasteiger partial charge in [0.25, 0.3) is 11.1 Å². The largest absolute Gasteiger partial charge is 0.293 e. The maximum atomic E-state index is 12.5. The second kappa shape index (κ2) is 8.14. The molecule has 0 N–H and O–H groups in total. The molecular formula is C21H21NO2S2. The molecule has 0 spiro atoms. The number of carbonyl (C=O) groups excluding carboxylic acids is 2. The number of aryl methyl sites for hydroxylation is 1. The molecule has 0 aromatic heterocycles. The van der Waals surface area contributed by atoms with Gasteiger partial charge in [-0.3, -0.25) is 14.5 Å². The van der Waals surface area contributed by atoms with Crippen LogP contribution in [0.4, 0.5) is 4.79 Å². The van der Waals surface area contributed by atoms with Crippen molar-refractivity contribution in [2.24, 2.45) is 0 Å². The third-order valence-corrected chi connectivity index (χ3v) is 6.19. The van der Waals surface area contributed by atoms with Gasteiger partial charge in [0.1, 0.15) is 0 Å². The lowest BCUT2D eigenvalue weighted by Gasteiger charge is -2.19. The van der Waals surface area contributed by atoms with Crippen LogP contribution >= 0.6 is 23.5 Å². The number of amides is 2. The number of imide groups is 1. The van der Waals surface area contributed by atoms with Crippen LogP contribution in [0.15, 0.2) is 63.2 Å². The zero-order valence-electron chi connectivity index (χ0n) is 15.1. The molecule has 2 amide bonds. The Kier molecular flexibility index (Phi) is 5.89. The summed E-state index contributed by atoms with van der Waals surface area (Å²) >= 11 is 2.72. The Morgan fingerprint density at radius 2 is 1.62 bits per heavy atom. The Balaban J connectivity index is 1.73. The summed E-state index contributed by atoms with van der Waals surface area (Å²) < 4.78 is 0. The van der Waals surface area contributed by atoms with Gasteiger partial charge < -0.3 is 0 Å². The summed E-state index contributed by atoms with van der Waals surface area (Å²) in [6.07, 6.45) is 2.56. The molecule has 1 saturated heterocycles. The second-order valence-corrected chi connectivity index (χ2v) is 8.43. The molecule has 3 rings (SSSR count). The van der Waals surface area contributed by atoms with E-state index in [-0.39, 0.29) is 17.2 Å². The molecule has 0 radical (unpaired) electrons. The molecule has 3 nitrogen and oxygen atoms in total. The molecule has 0 bridgehead atoms. The summed E-state index contributed by atoms with van der Waals surface area (Å²) in [4.78, 5) is 28.7. The number of carbonyl (C=O) groups is 2. The first-order valence-electron chi connectivity index (χ1n) is 8.59. The normalized spacial score (nSPS) is 17.2. The molecule has 2 aromatic rings. The van der Waals surface area contributed by atoms with Crippen molar-refractivity contribution in [2.45, 2.75) is 43.0 Å². The summed E-state index contributed by atoms with van der Waals surface area (Å²) in [5, 5.41) is -0.179. The van der Waals surface area contributed by atoms with E-state index in [1.54, 1.807) is 17.8 Å². The van der Waals surface area contributed by atoms with Crippen molar-refractivity contribution in [1.29, 1.82) is 0 Å². The lowest BCUT2D eigenvalue weighted by Crippen LogP contribution is -2.36. The number of rotatable bonds is 5. The summed E-state index contributed by atoms with van der Waals surface area (Å²) in [5.41, 5.74) is 2.17. The van der Waals surface area contributed by atoms with E-state index in [9.17, 15) is 9.59 Å². The zero-order chi connectivity index (χ0) is 18.7. The van der Waals surface area contributed by atoms with Crippen LogP contribution in [0.5, 0.6) is 0 Å². The molecule has 5 heteroatoms. The van der Waals surface area contributed by atoms with Crippen LogP contribution in [0, 0.1) is 6.92 Å². The zero-order valence-corrected chi connectivity index (χ0v) is 16.7. The van der Waals surface area contributed by atoms with Gasteiger partial charge in [-0.05, 0) is 67.9 Å². The highest BCUT2D eigenvalue weighted by Crippen LogP contribution is 2.34. The first-order valence-corrected chi connectivity index (χ1v) is 10.2. The summed E-state index contributed by atoms with van der Waals surface area (Å²) in [5.74, 6) is -0.188. The van der Waals surface area contributed by atoms with Crippen molar-refractivity contribution < 1.29 is 9.59 Å². The van der Waals surface area contributed by atoms with E-state index in [0.717, 1.165) is 28.6 Å². The van der Waals surface area contributed by atoms with E-state index in [1.165, 1.54) is 15.4 Å². The highest BCUT2D eigenvalue weighted by Gasteiger charge is 2.37. The first kappa shape index (κ1) is 18.8. The quantitative estimate of drug-likeness (QED) is 0.595. The number of benzene rings is 2. The molecule has 1 fully saturated rings. The standard InChI is InChI=1S/C21H21NO2S2/c1-4-15(3)22-20(23)19(26-21(22)24)13-16-7-11-18(12-8-16)25-17-9-5-14(2)6-10-17/h5-13,15H,4H2,1-3H3/b19-13+/t15-/m0/s1. The van der Waals surface area contributed by atoms with Gasteiger partial charge in [0.2, 0.25) is 0 Å². The van der Waals surface area contributed by atoms with Crippen LogP contribution in [-0.2, 0) is 4.79 Å². The molecule has 1 atom stereocenters. The minimum absolute atomic E-state index is 0.0679. The molecule has 1 aliphatic rings. The van der Waals surface area contributed by atoms with Gasteiger partial charge in [-0.1, -0.05) is 48.5 Å². The van der Waals surface area contributed by atoms with Crippen LogP contribution in [0.25, 0.3) is 6.08 Å². The van der Waals surface area contributed by atoms with Crippen LogP contribution in [-0.4, -0.2) is 22.1 Å². The van der Waals surface area contributed by atoms with Gasteiger partial charge in [0.05, 0.1) is 4.91 Å². The summed E-state index contributed by atoms with van der Waals surface area (Å²) in [6, 6.07) is 16.4. The van der Waals surface area contributed by atoms with E-state index in [4.69, 9.17) is 0 Å². The fourth-order valence-electron chi connectivity index (χ4n) is 2.57. The molecule has 1 heterocycles. The van der Waals surface area contributed by atoms with E-state index in [1.807, 2.05) is 38.1 Å². The minimum Gasteiger partial charge on any atom is -0.268 e. The SMILES string of the molecule is CC[C@H](C)N1C(=O)S/C(=C/c2ccc(Sc3ccc(C)cc3)cc2)C1=O. The smallest absolute Gasteiger partial charge is 0.268 e. The fourth-order valence-corrected chi connectivity index (χ4v) is 4.31. The van der Waals surface area contributed by atoms with Crippen molar-refractivity contribution >= 4 is 40.7 Å². The second-order valence-electron chi connectivity index (χ2n) is 6.29. The predicted molar refractivity (Wildman–Crippen MR) is 109 cm³/mol. The van der Waals surface area contributed by atoms with Crippen molar-refractivity contribution in [2.75, 3.05) is 0 Å². The summed E-state index contributed by atoms with van der Waals surface area (Å²) in [7, 11) is 0. The maximum absolute atomic E-state index is 12.5. The predicted octanol–water partition coefficient (Wildman–Crippen LogP) is 5.98. The Morgan fingerprint density at radius 3 is 2.19 bits per heavy atom. The molecule has 2 aromatic carbocycles. The highest BCUT2D eigenvalue weighted by atomic mass is 32.2. The third-order valence-electron chi connectivity index (χ3n) is 4.29. The van der Waals surface area contributed by atoms with Gasteiger partial charge >= 0.3 is 0 Å². The van der Waals surface area contributed by atoms with Crippen LogP contribution in [0.1, 0.15) is 31.4 Å². The number of hydrogen-bond donors (Lipinski definition) is 0. The molecule has 26 heavy (non-hydrogen) atoms. The monoisotopic (exact) mass is 383 g/mol. The van der Waals surface area contributed by atoms with E-state index < -0.39 is 0 Å². The van der Waals surface area contributed by atoms with Crippen LogP contribution < -0.4 is 0 Å². The average molecular weight is 384 g/mol. The Hall–Kier alpha value is -1.98. The van der Waals surface area contributed by atoms with Crippen LogP contribution in [0.3, 0.4) is 0 Å². The Morgan fingerprint density at radius 1 is 1.04 bits per heavy atom. The molecule has 0 saturated carbocycles. The molecular weight excluding hydrogens is 362 g/mol. The van der Waals surface area contributed by atoms with Gasteiger partial charge in [-0.25, -0.2) is 0 Å². The molecule has 0 unspecified atom stereocenters.